The number of ether oxygens (including phenoxy) is 1. The van der Waals surface area contributed by atoms with E-state index >= 15 is 0 Å². The zero-order valence-corrected chi connectivity index (χ0v) is 21.7. The van der Waals surface area contributed by atoms with Crippen molar-refractivity contribution in [1.82, 2.24) is 0 Å². The van der Waals surface area contributed by atoms with E-state index in [2.05, 4.69) is 13.8 Å². The first-order chi connectivity index (χ1) is 16.3. The highest BCUT2D eigenvalue weighted by Gasteiger charge is 2.68. The molecule has 3 aliphatic rings. The summed E-state index contributed by atoms with van der Waals surface area (Å²) >= 11 is 0. The lowest BCUT2D eigenvalue weighted by Gasteiger charge is -2.61. The predicted octanol–water partition coefficient (Wildman–Crippen LogP) is 5.39. The van der Waals surface area contributed by atoms with Crippen molar-refractivity contribution < 1.29 is 29.0 Å². The summed E-state index contributed by atoms with van der Waals surface area (Å²) in [6.07, 6.45) is 12.0. The topological polar surface area (TPSA) is 97.7 Å². The van der Waals surface area contributed by atoms with Gasteiger partial charge >= 0.3 is 11.9 Å². The maximum atomic E-state index is 13.4. The van der Waals surface area contributed by atoms with Crippen LogP contribution in [0, 0.1) is 28.1 Å². The molecule has 6 atom stereocenters. The predicted molar refractivity (Wildman–Crippen MR) is 133 cm³/mol. The third-order valence-corrected chi connectivity index (χ3v) is 9.20. The summed E-state index contributed by atoms with van der Waals surface area (Å²) in [6, 6.07) is 0. The molecule has 0 aromatic rings. The monoisotopic (exact) mass is 482 g/mol. The van der Waals surface area contributed by atoms with Gasteiger partial charge in [-0.1, -0.05) is 43.7 Å². The molecule has 0 heterocycles. The molecule has 0 spiro atoms. The fraction of sp³-hybridized carbons (Fsp3) is 0.586. The number of rotatable bonds is 6. The van der Waals surface area contributed by atoms with Crippen LogP contribution in [-0.2, 0) is 23.9 Å². The Morgan fingerprint density at radius 1 is 1.00 bits per heavy atom. The van der Waals surface area contributed by atoms with Gasteiger partial charge in [0.05, 0.1) is 0 Å². The van der Waals surface area contributed by atoms with E-state index < -0.39 is 23.5 Å². The van der Waals surface area contributed by atoms with E-state index in [9.17, 15) is 24.3 Å². The molecule has 3 saturated carbocycles. The van der Waals surface area contributed by atoms with E-state index in [1.165, 1.54) is 13.0 Å². The standard InChI is InChI=1S/C29H38O6/c1-18(10-8-16-30)9-7-11-19(2)25-21(32)17-23-27(4)15-13-24(35-20(3)31)29(6,26(33)34)22(27)12-14-28(23,25)5/h7-11,16,22-24H,12-15,17H2,1-6H3,(H,33,34). The molecule has 3 fully saturated rings. The first-order valence-electron chi connectivity index (χ1n) is 12.4. The largest absolute Gasteiger partial charge is 0.481 e. The van der Waals surface area contributed by atoms with Crippen LogP contribution in [0.5, 0.6) is 0 Å². The van der Waals surface area contributed by atoms with Crippen molar-refractivity contribution in [2.45, 2.75) is 79.8 Å². The highest BCUT2D eigenvalue weighted by Crippen LogP contribution is 2.69. The maximum absolute atomic E-state index is 13.4. The number of hydrogen-bond donors (Lipinski definition) is 1. The summed E-state index contributed by atoms with van der Waals surface area (Å²) in [5.74, 6) is -1.41. The number of fused-ring (bicyclic) bond motifs is 3. The molecule has 0 amide bonds. The Morgan fingerprint density at radius 2 is 1.69 bits per heavy atom. The van der Waals surface area contributed by atoms with Gasteiger partial charge in [-0.2, -0.15) is 0 Å². The van der Waals surface area contributed by atoms with Crippen molar-refractivity contribution in [3.05, 3.63) is 47.1 Å². The molecule has 1 N–H and O–H groups in total. The second kappa shape index (κ2) is 9.71. The molecular formula is C29H38O6. The highest BCUT2D eigenvalue weighted by atomic mass is 16.5. The van der Waals surface area contributed by atoms with E-state index in [0.717, 1.165) is 35.8 Å². The molecule has 190 valence electrons. The summed E-state index contributed by atoms with van der Waals surface area (Å²) in [6.45, 7) is 11.2. The Labute approximate surface area is 208 Å². The number of esters is 1. The zero-order chi connectivity index (χ0) is 26.2. The number of carbonyl (C=O) groups is 4. The number of aliphatic carboxylic acids is 1. The van der Waals surface area contributed by atoms with Gasteiger partial charge in [0.25, 0.3) is 0 Å². The van der Waals surface area contributed by atoms with Gasteiger partial charge in [-0.05, 0) is 75.4 Å². The minimum atomic E-state index is -1.19. The number of carbonyl (C=O) groups excluding carboxylic acids is 3. The molecule has 6 heteroatoms. The van der Waals surface area contributed by atoms with Crippen LogP contribution in [0.1, 0.15) is 73.6 Å². The molecule has 0 saturated heterocycles. The first-order valence-corrected chi connectivity index (χ1v) is 12.4. The van der Waals surface area contributed by atoms with Crippen LogP contribution in [0.2, 0.25) is 0 Å². The number of ketones is 1. The second-order valence-corrected chi connectivity index (χ2v) is 11.2. The Bertz CT molecular complexity index is 1050. The summed E-state index contributed by atoms with van der Waals surface area (Å²) in [4.78, 5) is 48.3. The van der Waals surface area contributed by atoms with Crippen LogP contribution in [0.15, 0.2) is 47.1 Å². The number of Topliss-reactive ketones (excluding diaryl/α,β-unsaturated/α-hetero) is 1. The molecular weight excluding hydrogens is 444 g/mol. The van der Waals surface area contributed by atoms with Gasteiger partial charge in [0, 0.05) is 24.3 Å². The number of carboxylic acids is 1. The molecule has 35 heavy (non-hydrogen) atoms. The van der Waals surface area contributed by atoms with Crippen molar-refractivity contribution in [2.24, 2.45) is 28.1 Å². The number of carboxylic acid groups (broad SMARTS) is 1. The summed E-state index contributed by atoms with van der Waals surface area (Å²) in [5.41, 5.74) is 0.835. The SMILES string of the molecule is CC(=O)OC1CCC2(C)C3CC(=O)C(=C(C)C=CC=C(C)C=CC=O)C3(C)CCC2C1(C)C(=O)O. The van der Waals surface area contributed by atoms with Gasteiger partial charge in [-0.3, -0.25) is 19.2 Å². The van der Waals surface area contributed by atoms with Crippen LogP contribution >= 0.6 is 0 Å². The minimum absolute atomic E-state index is 0.0318. The summed E-state index contributed by atoms with van der Waals surface area (Å²) in [5, 5.41) is 10.3. The number of allylic oxidation sites excluding steroid dienone is 8. The lowest BCUT2D eigenvalue weighted by molar-refractivity contribution is -0.204. The Hall–Kier alpha value is -2.76. The van der Waals surface area contributed by atoms with Crippen LogP contribution in [0.3, 0.4) is 0 Å². The minimum Gasteiger partial charge on any atom is -0.481 e. The van der Waals surface area contributed by atoms with E-state index in [1.54, 1.807) is 13.0 Å². The van der Waals surface area contributed by atoms with Gasteiger partial charge in [0.2, 0.25) is 0 Å². The quantitative estimate of drug-likeness (QED) is 0.236. The summed E-state index contributed by atoms with van der Waals surface area (Å²) < 4.78 is 5.53. The van der Waals surface area contributed by atoms with Gasteiger partial charge in [0.1, 0.15) is 17.8 Å². The zero-order valence-electron chi connectivity index (χ0n) is 21.7. The molecule has 0 radical (unpaired) electrons. The lowest BCUT2D eigenvalue weighted by Crippen LogP contribution is -2.61. The Balaban J connectivity index is 1.99. The van der Waals surface area contributed by atoms with Crippen molar-refractivity contribution in [3.8, 4) is 0 Å². The van der Waals surface area contributed by atoms with Crippen LogP contribution in [-0.4, -0.2) is 35.2 Å². The third kappa shape index (κ3) is 4.48. The average molecular weight is 483 g/mol. The fourth-order valence-corrected chi connectivity index (χ4v) is 7.59. The van der Waals surface area contributed by atoms with Crippen LogP contribution < -0.4 is 0 Å². The van der Waals surface area contributed by atoms with E-state index in [1.807, 2.05) is 32.1 Å². The molecule has 3 rings (SSSR count). The Kier molecular flexibility index (Phi) is 7.45. The molecule has 0 bridgehead atoms. The maximum Gasteiger partial charge on any atom is 0.313 e. The van der Waals surface area contributed by atoms with Crippen LogP contribution in [0.4, 0.5) is 0 Å². The van der Waals surface area contributed by atoms with Crippen molar-refractivity contribution in [2.75, 3.05) is 0 Å². The molecule has 6 unspecified atom stereocenters. The van der Waals surface area contributed by atoms with E-state index in [-0.39, 0.29) is 28.4 Å². The van der Waals surface area contributed by atoms with Gasteiger partial charge in [0.15, 0.2) is 5.78 Å². The number of hydrogen-bond acceptors (Lipinski definition) is 5. The third-order valence-electron chi connectivity index (χ3n) is 9.20. The smallest absolute Gasteiger partial charge is 0.313 e. The molecule has 6 nitrogen and oxygen atoms in total. The van der Waals surface area contributed by atoms with Crippen LogP contribution in [0.25, 0.3) is 0 Å². The molecule has 0 aliphatic heterocycles. The lowest BCUT2D eigenvalue weighted by atomic mass is 9.42. The van der Waals surface area contributed by atoms with E-state index in [4.69, 9.17) is 4.74 Å². The molecule has 0 aromatic carbocycles. The van der Waals surface area contributed by atoms with Gasteiger partial charge < -0.3 is 9.84 Å². The van der Waals surface area contributed by atoms with Crippen molar-refractivity contribution in [1.29, 1.82) is 0 Å². The van der Waals surface area contributed by atoms with Gasteiger partial charge in [-0.15, -0.1) is 0 Å². The van der Waals surface area contributed by atoms with Crippen molar-refractivity contribution in [3.63, 3.8) is 0 Å². The molecule has 3 aliphatic carbocycles. The first kappa shape index (κ1) is 26.8. The average Bonchev–Trinajstić information content (AvgIpc) is 3.05. The normalized spacial score (nSPS) is 38.9. The van der Waals surface area contributed by atoms with E-state index in [0.29, 0.717) is 19.3 Å². The summed E-state index contributed by atoms with van der Waals surface area (Å²) in [7, 11) is 0. The second-order valence-electron chi connectivity index (χ2n) is 11.2. The molecule has 0 aromatic heterocycles. The highest BCUT2D eigenvalue weighted by molar-refractivity contribution is 6.01. The fourth-order valence-electron chi connectivity index (χ4n) is 7.59. The number of aldehydes is 1. The van der Waals surface area contributed by atoms with Crippen molar-refractivity contribution >= 4 is 24.0 Å². The Morgan fingerprint density at radius 3 is 2.29 bits per heavy atom. The van der Waals surface area contributed by atoms with Gasteiger partial charge in [-0.25, -0.2) is 0 Å².